The van der Waals surface area contributed by atoms with Gasteiger partial charge in [-0.25, -0.2) is 4.98 Å². The lowest BCUT2D eigenvalue weighted by Crippen LogP contribution is -1.95. The third-order valence-corrected chi connectivity index (χ3v) is 5.01. The average molecular weight is 373 g/mol. The van der Waals surface area contributed by atoms with Crippen molar-refractivity contribution < 1.29 is 4.74 Å². The van der Waals surface area contributed by atoms with Gasteiger partial charge in [-0.05, 0) is 54.4 Å². The Kier molecular flexibility index (Phi) is 5.12. The molecule has 0 radical (unpaired) electrons. The molecular weight excluding hydrogens is 354 g/mol. The summed E-state index contributed by atoms with van der Waals surface area (Å²) in [4.78, 5) is 4.49. The molecule has 0 amide bonds. The Balaban J connectivity index is 1.33. The summed E-state index contributed by atoms with van der Waals surface area (Å²) in [5, 5.41) is 5.05. The first-order chi connectivity index (χ1) is 13.3. The van der Waals surface area contributed by atoms with Gasteiger partial charge in [0.05, 0.1) is 16.4 Å². The molecule has 1 N–H and O–H groups in total. The lowest BCUT2D eigenvalue weighted by atomic mass is 10.2. The number of aryl methyl sites for hydroxylation is 1. The van der Waals surface area contributed by atoms with E-state index in [-0.39, 0.29) is 0 Å². The summed E-state index contributed by atoms with van der Waals surface area (Å²) in [6, 6.07) is 24.3. The first-order valence-electron chi connectivity index (χ1n) is 8.69. The van der Waals surface area contributed by atoms with Crippen LogP contribution in [0.15, 0.2) is 77.9 Å². The molecular formula is C22H19N3OS. The van der Waals surface area contributed by atoms with E-state index in [1.54, 1.807) is 17.6 Å². The fourth-order valence-corrected chi connectivity index (χ4v) is 3.40. The third-order valence-electron chi connectivity index (χ3n) is 4.07. The van der Waals surface area contributed by atoms with Crippen molar-refractivity contribution in [3.05, 3.63) is 89.5 Å². The van der Waals surface area contributed by atoms with Crippen molar-refractivity contribution in [2.45, 2.75) is 13.5 Å². The number of nitrogens with one attached hydrogen (secondary N) is 1. The molecule has 0 aliphatic heterocycles. The number of hydrogen-bond donors (Lipinski definition) is 1. The van der Waals surface area contributed by atoms with E-state index < -0.39 is 0 Å². The summed E-state index contributed by atoms with van der Waals surface area (Å²) in [7, 11) is 0. The summed E-state index contributed by atoms with van der Waals surface area (Å²) in [5.41, 5.74) is 7.38. The highest BCUT2D eigenvalue weighted by Gasteiger charge is 2.01. The van der Waals surface area contributed by atoms with E-state index in [1.165, 1.54) is 5.56 Å². The van der Waals surface area contributed by atoms with Crippen LogP contribution in [0.1, 0.15) is 16.7 Å². The summed E-state index contributed by atoms with van der Waals surface area (Å²) in [5.74, 6) is 0.840. The predicted molar refractivity (Wildman–Crippen MR) is 113 cm³/mol. The van der Waals surface area contributed by atoms with Crippen LogP contribution in [0.4, 0.5) is 5.13 Å². The van der Waals surface area contributed by atoms with E-state index in [0.29, 0.717) is 6.61 Å². The molecule has 1 aromatic heterocycles. The van der Waals surface area contributed by atoms with Gasteiger partial charge in [0.1, 0.15) is 12.4 Å². The number of hydrogen-bond acceptors (Lipinski definition) is 5. The number of nitrogens with zero attached hydrogens (tertiary/aromatic N) is 2. The Morgan fingerprint density at radius 3 is 2.56 bits per heavy atom. The van der Waals surface area contributed by atoms with Gasteiger partial charge in [0, 0.05) is 0 Å². The second-order valence-corrected chi connectivity index (χ2v) is 7.23. The van der Waals surface area contributed by atoms with E-state index in [0.717, 1.165) is 32.2 Å². The van der Waals surface area contributed by atoms with Crippen LogP contribution >= 0.6 is 11.3 Å². The number of para-hydroxylation sites is 1. The fourth-order valence-electron chi connectivity index (χ4n) is 2.58. The van der Waals surface area contributed by atoms with Gasteiger partial charge >= 0.3 is 0 Å². The first kappa shape index (κ1) is 17.2. The first-order valence-corrected chi connectivity index (χ1v) is 9.51. The Morgan fingerprint density at radius 2 is 1.78 bits per heavy atom. The minimum Gasteiger partial charge on any atom is -0.489 e. The van der Waals surface area contributed by atoms with Crippen LogP contribution < -0.4 is 10.2 Å². The van der Waals surface area contributed by atoms with E-state index in [9.17, 15) is 0 Å². The van der Waals surface area contributed by atoms with Gasteiger partial charge in [0.15, 0.2) is 0 Å². The average Bonchev–Trinajstić information content (AvgIpc) is 3.11. The minimum atomic E-state index is 0.562. The zero-order valence-corrected chi connectivity index (χ0v) is 15.7. The van der Waals surface area contributed by atoms with Gasteiger partial charge < -0.3 is 4.74 Å². The molecule has 0 saturated heterocycles. The van der Waals surface area contributed by atoms with Gasteiger partial charge in [0.2, 0.25) is 5.13 Å². The lowest BCUT2D eigenvalue weighted by molar-refractivity contribution is 0.306. The van der Waals surface area contributed by atoms with Crippen molar-refractivity contribution in [2.75, 3.05) is 5.43 Å². The quantitative estimate of drug-likeness (QED) is 0.352. The predicted octanol–water partition coefficient (Wildman–Crippen LogP) is 5.63. The minimum absolute atomic E-state index is 0.562. The fraction of sp³-hybridized carbons (Fsp3) is 0.0909. The van der Waals surface area contributed by atoms with E-state index >= 15 is 0 Å². The van der Waals surface area contributed by atoms with Crippen LogP contribution in [0.2, 0.25) is 0 Å². The number of thiazole rings is 1. The molecule has 0 atom stereocenters. The highest BCUT2D eigenvalue weighted by molar-refractivity contribution is 7.22. The molecule has 0 spiro atoms. The molecule has 134 valence electrons. The van der Waals surface area contributed by atoms with Crippen molar-refractivity contribution in [1.29, 1.82) is 0 Å². The molecule has 5 heteroatoms. The molecule has 1 heterocycles. The molecule has 0 unspecified atom stereocenters. The number of anilines is 1. The normalized spacial score (nSPS) is 11.1. The van der Waals surface area contributed by atoms with Gasteiger partial charge in [-0.1, -0.05) is 53.3 Å². The summed E-state index contributed by atoms with van der Waals surface area (Å²) in [6.45, 7) is 2.64. The largest absolute Gasteiger partial charge is 0.489 e. The molecule has 0 aliphatic rings. The number of hydrazone groups is 1. The second kappa shape index (κ2) is 8.01. The number of aromatic nitrogens is 1. The third kappa shape index (κ3) is 4.51. The van der Waals surface area contributed by atoms with Gasteiger partial charge in [-0.15, -0.1) is 0 Å². The van der Waals surface area contributed by atoms with Crippen molar-refractivity contribution in [1.82, 2.24) is 4.98 Å². The summed E-state index contributed by atoms with van der Waals surface area (Å²) < 4.78 is 6.97. The molecule has 4 aromatic rings. The van der Waals surface area contributed by atoms with Gasteiger partial charge in [-0.2, -0.15) is 5.10 Å². The summed E-state index contributed by atoms with van der Waals surface area (Å²) >= 11 is 1.58. The Bertz CT molecular complexity index is 1020. The van der Waals surface area contributed by atoms with Crippen LogP contribution in [0.3, 0.4) is 0 Å². The topological polar surface area (TPSA) is 46.5 Å². The SMILES string of the molecule is Cc1ccc(COc2ccc(/C=N/Nc3nc4ccccc4s3)cc2)cc1. The molecule has 3 aromatic carbocycles. The van der Waals surface area contributed by atoms with Crippen LogP contribution in [0.5, 0.6) is 5.75 Å². The van der Waals surface area contributed by atoms with E-state index in [2.05, 4.69) is 52.8 Å². The molecule has 0 bridgehead atoms. The molecule has 27 heavy (non-hydrogen) atoms. The van der Waals surface area contributed by atoms with Gasteiger partial charge in [-0.3, -0.25) is 5.43 Å². The monoisotopic (exact) mass is 373 g/mol. The maximum Gasteiger partial charge on any atom is 0.204 e. The van der Waals surface area contributed by atoms with E-state index in [4.69, 9.17) is 4.74 Å². The molecule has 4 nitrogen and oxygen atoms in total. The smallest absolute Gasteiger partial charge is 0.204 e. The van der Waals surface area contributed by atoms with Crippen molar-refractivity contribution in [3.8, 4) is 5.75 Å². The second-order valence-electron chi connectivity index (χ2n) is 6.20. The van der Waals surface area contributed by atoms with Crippen LogP contribution in [-0.2, 0) is 6.61 Å². The molecule has 0 saturated carbocycles. The molecule has 4 rings (SSSR count). The Labute approximate surface area is 162 Å². The van der Waals surface area contributed by atoms with Crippen molar-refractivity contribution in [3.63, 3.8) is 0 Å². The van der Waals surface area contributed by atoms with E-state index in [1.807, 2.05) is 42.5 Å². The van der Waals surface area contributed by atoms with Crippen LogP contribution in [0, 0.1) is 6.92 Å². The van der Waals surface area contributed by atoms with Crippen LogP contribution in [-0.4, -0.2) is 11.2 Å². The molecule has 0 aliphatic carbocycles. The highest BCUT2D eigenvalue weighted by atomic mass is 32.1. The Morgan fingerprint density at radius 1 is 1.00 bits per heavy atom. The Hall–Kier alpha value is -3.18. The standard InChI is InChI=1S/C22H19N3OS/c1-16-6-8-18(9-7-16)15-26-19-12-10-17(11-13-19)14-23-25-22-24-20-4-2-3-5-21(20)27-22/h2-14H,15H2,1H3,(H,24,25)/b23-14+. The zero-order valence-electron chi connectivity index (χ0n) is 14.9. The molecule has 0 fully saturated rings. The van der Waals surface area contributed by atoms with Crippen molar-refractivity contribution >= 4 is 32.9 Å². The number of fused-ring (bicyclic) bond motifs is 1. The maximum atomic E-state index is 5.83. The lowest BCUT2D eigenvalue weighted by Gasteiger charge is -2.06. The van der Waals surface area contributed by atoms with Crippen molar-refractivity contribution in [2.24, 2.45) is 5.10 Å². The number of ether oxygens (including phenoxy) is 1. The highest BCUT2D eigenvalue weighted by Crippen LogP contribution is 2.25. The number of benzene rings is 3. The van der Waals surface area contributed by atoms with Gasteiger partial charge in [0.25, 0.3) is 0 Å². The maximum absolute atomic E-state index is 5.83. The van der Waals surface area contributed by atoms with Crippen LogP contribution in [0.25, 0.3) is 10.2 Å². The summed E-state index contributed by atoms with van der Waals surface area (Å²) in [6.07, 6.45) is 1.77. The number of rotatable bonds is 6. The zero-order chi connectivity index (χ0) is 18.5.